The third-order valence-electron chi connectivity index (χ3n) is 1.82. The largest absolute Gasteiger partial charge is 1.00 e. The Morgan fingerprint density at radius 1 is 1.20 bits per heavy atom. The fourth-order valence-corrected chi connectivity index (χ4v) is 2.04. The van der Waals surface area contributed by atoms with E-state index in [9.17, 15) is 8.42 Å². The molecule has 1 aromatic carbocycles. The zero-order valence-electron chi connectivity index (χ0n) is 9.01. The van der Waals surface area contributed by atoms with Crippen LogP contribution in [0.4, 0.5) is 0 Å². The van der Waals surface area contributed by atoms with Crippen molar-refractivity contribution in [2.45, 2.75) is 24.7 Å². The molecule has 0 fully saturated rings. The SMILES string of the molecule is CC(C)c1ccccc1S(=O)(=O)O.[K+].[OH-]. The van der Waals surface area contributed by atoms with E-state index in [0.29, 0.717) is 5.56 Å². The fraction of sp³-hybridized carbons (Fsp3) is 0.333. The molecule has 0 aliphatic rings. The van der Waals surface area contributed by atoms with Crippen molar-refractivity contribution in [3.63, 3.8) is 0 Å². The van der Waals surface area contributed by atoms with Crippen molar-refractivity contribution in [3.8, 4) is 0 Å². The van der Waals surface area contributed by atoms with Gasteiger partial charge in [-0.15, -0.1) is 0 Å². The molecule has 0 saturated carbocycles. The van der Waals surface area contributed by atoms with Crippen molar-refractivity contribution in [1.82, 2.24) is 0 Å². The molecule has 4 nitrogen and oxygen atoms in total. The first-order valence-corrected chi connectivity index (χ1v) is 5.43. The van der Waals surface area contributed by atoms with Crippen molar-refractivity contribution in [2.24, 2.45) is 0 Å². The van der Waals surface area contributed by atoms with Crippen LogP contribution < -0.4 is 51.4 Å². The molecule has 0 aliphatic carbocycles. The summed E-state index contributed by atoms with van der Waals surface area (Å²) in [4.78, 5) is 0.00463. The quantitative estimate of drug-likeness (QED) is 0.537. The summed E-state index contributed by atoms with van der Waals surface area (Å²) in [6.07, 6.45) is 0. The Hall–Kier alpha value is 0.726. The standard InChI is InChI=1S/C9H12O3S.K.H2O/c1-7(2)8-5-3-4-6-9(8)13(10,11)12;;/h3-7H,1-2H3,(H,10,11,12);;1H2/q;+1;/p-1. The Morgan fingerprint density at radius 2 is 1.67 bits per heavy atom. The summed E-state index contributed by atoms with van der Waals surface area (Å²) in [6.45, 7) is 3.76. The zero-order chi connectivity index (χ0) is 10.1. The Balaban J connectivity index is 0. The molecule has 1 aromatic rings. The van der Waals surface area contributed by atoms with Crippen LogP contribution in [0.1, 0.15) is 25.3 Å². The van der Waals surface area contributed by atoms with E-state index in [0.717, 1.165) is 0 Å². The van der Waals surface area contributed by atoms with Gasteiger partial charge in [-0.3, -0.25) is 4.55 Å². The van der Waals surface area contributed by atoms with Gasteiger partial charge in [0.2, 0.25) is 0 Å². The normalized spacial score (nSPS) is 10.4. The van der Waals surface area contributed by atoms with Gasteiger partial charge < -0.3 is 5.48 Å². The van der Waals surface area contributed by atoms with Crippen LogP contribution in [0.5, 0.6) is 0 Å². The van der Waals surface area contributed by atoms with Crippen molar-refractivity contribution in [1.29, 1.82) is 0 Å². The minimum absolute atomic E-state index is 0. The molecular formula is C9H13KO4S. The summed E-state index contributed by atoms with van der Waals surface area (Å²) in [5.41, 5.74) is 0.644. The van der Waals surface area contributed by atoms with Gasteiger partial charge in [-0.2, -0.15) is 8.42 Å². The molecule has 0 amide bonds. The Kier molecular flexibility index (Phi) is 8.60. The molecule has 15 heavy (non-hydrogen) atoms. The van der Waals surface area contributed by atoms with E-state index in [1.54, 1.807) is 18.2 Å². The fourth-order valence-electron chi connectivity index (χ4n) is 1.19. The molecule has 0 aromatic heterocycles. The molecule has 0 saturated heterocycles. The Bertz CT molecular complexity index is 400. The van der Waals surface area contributed by atoms with E-state index in [1.165, 1.54) is 6.07 Å². The molecule has 6 heteroatoms. The van der Waals surface area contributed by atoms with Gasteiger partial charge in [0.15, 0.2) is 0 Å². The molecular weight excluding hydrogens is 243 g/mol. The first-order valence-electron chi connectivity index (χ1n) is 3.99. The van der Waals surface area contributed by atoms with E-state index in [1.807, 2.05) is 13.8 Å². The molecule has 0 spiro atoms. The first kappa shape index (κ1) is 18.1. The second kappa shape index (κ2) is 7.13. The van der Waals surface area contributed by atoms with Crippen LogP contribution in [-0.4, -0.2) is 18.4 Å². The number of rotatable bonds is 2. The molecule has 0 radical (unpaired) electrons. The minimum Gasteiger partial charge on any atom is -0.870 e. The van der Waals surface area contributed by atoms with Gasteiger partial charge in [-0.1, -0.05) is 32.0 Å². The van der Waals surface area contributed by atoms with Crippen LogP contribution in [0.15, 0.2) is 29.2 Å². The topological polar surface area (TPSA) is 84.4 Å². The van der Waals surface area contributed by atoms with E-state index in [2.05, 4.69) is 0 Å². The van der Waals surface area contributed by atoms with E-state index in [4.69, 9.17) is 4.55 Å². The van der Waals surface area contributed by atoms with Crippen LogP contribution in [0.3, 0.4) is 0 Å². The molecule has 80 valence electrons. The molecule has 2 N–H and O–H groups in total. The van der Waals surface area contributed by atoms with E-state index >= 15 is 0 Å². The summed E-state index contributed by atoms with van der Waals surface area (Å²) in [6, 6.07) is 6.46. The van der Waals surface area contributed by atoms with Crippen LogP contribution in [-0.2, 0) is 10.1 Å². The molecule has 0 atom stereocenters. The van der Waals surface area contributed by atoms with Crippen molar-refractivity contribution in [2.75, 3.05) is 0 Å². The van der Waals surface area contributed by atoms with Crippen LogP contribution >= 0.6 is 0 Å². The van der Waals surface area contributed by atoms with Gasteiger partial charge in [-0.25, -0.2) is 0 Å². The van der Waals surface area contributed by atoms with Gasteiger partial charge in [0.05, 0.1) is 4.90 Å². The number of hydrogen-bond donors (Lipinski definition) is 1. The zero-order valence-corrected chi connectivity index (χ0v) is 12.9. The minimum atomic E-state index is -4.08. The van der Waals surface area contributed by atoms with Gasteiger partial charge in [0.1, 0.15) is 0 Å². The van der Waals surface area contributed by atoms with E-state index in [-0.39, 0.29) is 67.7 Å². The van der Waals surface area contributed by atoms with Crippen molar-refractivity contribution < 1.29 is 69.8 Å². The van der Waals surface area contributed by atoms with Gasteiger partial charge in [-0.05, 0) is 17.5 Å². The predicted molar refractivity (Wildman–Crippen MR) is 52.3 cm³/mol. The maximum atomic E-state index is 10.9. The Labute approximate surface area is 133 Å². The monoisotopic (exact) mass is 256 g/mol. The predicted octanol–water partition coefficient (Wildman–Crippen LogP) is -1.12. The van der Waals surface area contributed by atoms with Crippen molar-refractivity contribution >= 4 is 10.1 Å². The average molecular weight is 256 g/mol. The average Bonchev–Trinajstić information content (AvgIpc) is 2.03. The summed E-state index contributed by atoms with van der Waals surface area (Å²) in [5, 5.41) is 0. The van der Waals surface area contributed by atoms with Gasteiger partial charge >= 0.3 is 51.4 Å². The third-order valence-corrected chi connectivity index (χ3v) is 2.75. The molecule has 0 unspecified atom stereocenters. The maximum absolute atomic E-state index is 10.9. The third kappa shape index (κ3) is 5.05. The summed E-state index contributed by atoms with van der Waals surface area (Å²) < 4.78 is 30.7. The van der Waals surface area contributed by atoms with Gasteiger partial charge in [0.25, 0.3) is 10.1 Å². The van der Waals surface area contributed by atoms with Crippen LogP contribution in [0, 0.1) is 0 Å². The van der Waals surface area contributed by atoms with Gasteiger partial charge in [0, 0.05) is 0 Å². The first-order chi connectivity index (χ1) is 5.93. The molecule has 0 bridgehead atoms. The Morgan fingerprint density at radius 3 is 2.00 bits per heavy atom. The number of benzene rings is 1. The summed E-state index contributed by atoms with van der Waals surface area (Å²) >= 11 is 0. The van der Waals surface area contributed by atoms with Crippen molar-refractivity contribution in [3.05, 3.63) is 29.8 Å². The maximum Gasteiger partial charge on any atom is 1.00 e. The second-order valence-corrected chi connectivity index (χ2v) is 4.56. The van der Waals surface area contributed by atoms with E-state index < -0.39 is 10.1 Å². The smallest absolute Gasteiger partial charge is 0.870 e. The van der Waals surface area contributed by atoms with Crippen LogP contribution in [0.2, 0.25) is 0 Å². The molecule has 0 heterocycles. The number of hydrogen-bond acceptors (Lipinski definition) is 3. The molecule has 1 rings (SSSR count). The van der Waals surface area contributed by atoms with Crippen LogP contribution in [0.25, 0.3) is 0 Å². The molecule has 0 aliphatic heterocycles. The summed E-state index contributed by atoms with van der Waals surface area (Å²) in [5.74, 6) is 0.0816. The summed E-state index contributed by atoms with van der Waals surface area (Å²) in [7, 11) is -4.08. The second-order valence-electron chi connectivity index (χ2n) is 3.17.